The Labute approximate surface area is 91.6 Å². The molecule has 0 bridgehead atoms. The number of unbranched alkanes of at least 4 members (excludes halogenated alkanes) is 1. The maximum atomic E-state index is 10.8. The molecule has 5 heteroatoms. The first kappa shape index (κ1) is 14.3. The Hall–Kier alpha value is -0.650. The van der Waals surface area contributed by atoms with Crippen LogP contribution in [0.2, 0.25) is 0 Å². The number of carbonyl (C=O) groups excluding carboxylic acids is 1. The molecule has 0 fully saturated rings. The predicted molar refractivity (Wildman–Crippen MR) is 60.0 cm³/mol. The monoisotopic (exact) mass is 217 g/mol. The maximum absolute atomic E-state index is 10.8. The molecule has 90 valence electrons. The average molecular weight is 217 g/mol. The summed E-state index contributed by atoms with van der Waals surface area (Å²) in [5, 5.41) is 8.69. The highest BCUT2D eigenvalue weighted by atomic mass is 16.3. The molecule has 0 aliphatic rings. The first-order valence-electron chi connectivity index (χ1n) is 5.57. The van der Waals surface area contributed by atoms with E-state index >= 15 is 0 Å². The molecule has 0 aromatic rings. The number of hydrazine groups is 1. The summed E-state index contributed by atoms with van der Waals surface area (Å²) in [5.41, 5.74) is 2.12. The first-order valence-corrected chi connectivity index (χ1v) is 5.57. The zero-order valence-corrected chi connectivity index (χ0v) is 9.54. The number of aliphatic hydroxyl groups is 1. The van der Waals surface area contributed by atoms with Gasteiger partial charge in [0.2, 0.25) is 5.91 Å². The van der Waals surface area contributed by atoms with Gasteiger partial charge in [-0.25, -0.2) is 5.84 Å². The van der Waals surface area contributed by atoms with Gasteiger partial charge in [0, 0.05) is 19.6 Å². The summed E-state index contributed by atoms with van der Waals surface area (Å²) >= 11 is 0. The smallest absolute Gasteiger partial charge is 0.233 e. The molecule has 0 aromatic heterocycles. The van der Waals surface area contributed by atoms with Gasteiger partial charge in [0.15, 0.2) is 0 Å². The molecule has 0 aliphatic carbocycles. The molecular formula is C10H23N3O2. The van der Waals surface area contributed by atoms with Crippen molar-refractivity contribution < 1.29 is 9.90 Å². The number of aliphatic hydroxyl groups excluding tert-OH is 1. The second-order valence-electron chi connectivity index (χ2n) is 3.54. The van der Waals surface area contributed by atoms with Gasteiger partial charge in [-0.05, 0) is 32.4 Å². The molecule has 1 amide bonds. The van der Waals surface area contributed by atoms with Gasteiger partial charge in [-0.2, -0.15) is 0 Å². The quantitative estimate of drug-likeness (QED) is 0.217. The van der Waals surface area contributed by atoms with Crippen molar-refractivity contribution in [3.63, 3.8) is 0 Å². The molecule has 4 N–H and O–H groups in total. The molecule has 5 nitrogen and oxygen atoms in total. The third-order valence-corrected chi connectivity index (χ3v) is 2.37. The summed E-state index contributed by atoms with van der Waals surface area (Å²) in [7, 11) is 0. The van der Waals surface area contributed by atoms with E-state index < -0.39 is 0 Å². The molecule has 0 rings (SSSR count). The van der Waals surface area contributed by atoms with Crippen LogP contribution in [0.4, 0.5) is 0 Å². The Morgan fingerprint density at radius 1 is 1.33 bits per heavy atom. The number of nitrogens with zero attached hydrogens (tertiary/aromatic N) is 1. The average Bonchev–Trinajstić information content (AvgIpc) is 2.27. The van der Waals surface area contributed by atoms with E-state index in [0.29, 0.717) is 6.42 Å². The van der Waals surface area contributed by atoms with Crippen molar-refractivity contribution in [3.05, 3.63) is 0 Å². The van der Waals surface area contributed by atoms with Gasteiger partial charge < -0.3 is 10.0 Å². The van der Waals surface area contributed by atoms with Crippen LogP contribution in [0.3, 0.4) is 0 Å². The van der Waals surface area contributed by atoms with Crippen LogP contribution in [0.5, 0.6) is 0 Å². The third kappa shape index (κ3) is 8.35. The van der Waals surface area contributed by atoms with Gasteiger partial charge in [-0.3, -0.25) is 10.2 Å². The minimum Gasteiger partial charge on any atom is -0.396 e. The molecule has 0 aliphatic heterocycles. The van der Waals surface area contributed by atoms with Gasteiger partial charge >= 0.3 is 0 Å². The highest BCUT2D eigenvalue weighted by Gasteiger charge is 2.02. The highest BCUT2D eigenvalue weighted by molar-refractivity contribution is 5.74. The zero-order chi connectivity index (χ0) is 11.5. The fourth-order valence-electron chi connectivity index (χ4n) is 1.42. The summed E-state index contributed by atoms with van der Waals surface area (Å²) in [6.45, 7) is 5.24. The van der Waals surface area contributed by atoms with E-state index in [0.717, 1.165) is 38.9 Å². The molecule has 0 heterocycles. The lowest BCUT2D eigenvalue weighted by Gasteiger charge is -2.19. The van der Waals surface area contributed by atoms with Crippen LogP contribution in [-0.2, 0) is 4.79 Å². The molecule has 0 saturated carbocycles. The number of nitrogens with one attached hydrogen (secondary N) is 1. The zero-order valence-electron chi connectivity index (χ0n) is 9.54. The molecular weight excluding hydrogens is 194 g/mol. The summed E-state index contributed by atoms with van der Waals surface area (Å²) < 4.78 is 0. The number of hydrogen-bond donors (Lipinski definition) is 3. The van der Waals surface area contributed by atoms with Gasteiger partial charge in [0.1, 0.15) is 0 Å². The number of nitrogens with two attached hydrogens (primary N) is 1. The molecule has 0 unspecified atom stereocenters. The van der Waals surface area contributed by atoms with Crippen LogP contribution in [0, 0.1) is 0 Å². The van der Waals surface area contributed by atoms with Crippen LogP contribution in [-0.4, -0.2) is 42.2 Å². The minimum atomic E-state index is -0.103. The summed E-state index contributed by atoms with van der Waals surface area (Å²) in [6.07, 6.45) is 3.16. The number of rotatable bonds is 9. The Kier molecular flexibility index (Phi) is 9.46. The number of carbonyl (C=O) groups is 1. The van der Waals surface area contributed by atoms with Crippen molar-refractivity contribution in [1.29, 1.82) is 0 Å². The summed E-state index contributed by atoms with van der Waals surface area (Å²) in [5.74, 6) is 4.86. The van der Waals surface area contributed by atoms with E-state index in [1.54, 1.807) is 0 Å². The SMILES string of the molecule is CCN(CCCO)CCCCC(=O)NN. The van der Waals surface area contributed by atoms with E-state index in [4.69, 9.17) is 10.9 Å². The molecule has 0 radical (unpaired) electrons. The van der Waals surface area contributed by atoms with Gasteiger partial charge in [0.25, 0.3) is 0 Å². The predicted octanol–water partition coefficient (Wildman–Crippen LogP) is -0.149. The van der Waals surface area contributed by atoms with E-state index in [-0.39, 0.29) is 12.5 Å². The highest BCUT2D eigenvalue weighted by Crippen LogP contribution is 1.99. The van der Waals surface area contributed by atoms with Crippen molar-refractivity contribution in [2.45, 2.75) is 32.6 Å². The van der Waals surface area contributed by atoms with Crippen LogP contribution in [0.25, 0.3) is 0 Å². The number of hydrogen-bond acceptors (Lipinski definition) is 4. The normalized spacial score (nSPS) is 10.7. The Morgan fingerprint density at radius 3 is 2.53 bits per heavy atom. The van der Waals surface area contributed by atoms with E-state index in [1.807, 2.05) is 0 Å². The lowest BCUT2D eigenvalue weighted by Crippen LogP contribution is -2.30. The van der Waals surface area contributed by atoms with Gasteiger partial charge in [0.05, 0.1) is 0 Å². The Morgan fingerprint density at radius 2 is 2.00 bits per heavy atom. The maximum Gasteiger partial charge on any atom is 0.233 e. The third-order valence-electron chi connectivity index (χ3n) is 2.37. The van der Waals surface area contributed by atoms with Crippen molar-refractivity contribution in [3.8, 4) is 0 Å². The molecule has 0 atom stereocenters. The van der Waals surface area contributed by atoms with Gasteiger partial charge in [-0.1, -0.05) is 6.92 Å². The van der Waals surface area contributed by atoms with Crippen molar-refractivity contribution >= 4 is 5.91 Å². The van der Waals surface area contributed by atoms with E-state index in [2.05, 4.69) is 17.2 Å². The molecule has 0 aromatic carbocycles. The van der Waals surface area contributed by atoms with Crippen molar-refractivity contribution in [2.24, 2.45) is 5.84 Å². The Bertz CT molecular complexity index is 165. The fraction of sp³-hybridized carbons (Fsp3) is 0.900. The molecule has 0 spiro atoms. The van der Waals surface area contributed by atoms with Gasteiger partial charge in [-0.15, -0.1) is 0 Å². The van der Waals surface area contributed by atoms with Crippen LogP contribution < -0.4 is 11.3 Å². The lowest BCUT2D eigenvalue weighted by molar-refractivity contribution is -0.121. The van der Waals surface area contributed by atoms with Crippen LogP contribution in [0.1, 0.15) is 32.6 Å². The minimum absolute atomic E-state index is 0.103. The fourth-order valence-corrected chi connectivity index (χ4v) is 1.42. The largest absolute Gasteiger partial charge is 0.396 e. The first-order chi connectivity index (χ1) is 7.24. The van der Waals surface area contributed by atoms with Crippen LogP contribution in [0.15, 0.2) is 0 Å². The van der Waals surface area contributed by atoms with Crippen LogP contribution >= 0.6 is 0 Å². The second kappa shape index (κ2) is 9.89. The Balaban J connectivity index is 3.41. The van der Waals surface area contributed by atoms with Crippen molar-refractivity contribution in [1.82, 2.24) is 10.3 Å². The summed E-state index contributed by atoms with van der Waals surface area (Å²) in [6, 6.07) is 0. The van der Waals surface area contributed by atoms with Crippen molar-refractivity contribution in [2.75, 3.05) is 26.2 Å². The molecule has 0 saturated heterocycles. The summed E-state index contributed by atoms with van der Waals surface area (Å²) in [4.78, 5) is 13.1. The standard InChI is InChI=1S/C10H23N3O2/c1-2-13(8-5-9-14)7-4-3-6-10(15)12-11/h14H,2-9,11H2,1H3,(H,12,15). The molecule has 15 heavy (non-hydrogen) atoms. The lowest BCUT2D eigenvalue weighted by atomic mass is 10.2. The van der Waals surface area contributed by atoms with E-state index in [9.17, 15) is 4.79 Å². The second-order valence-corrected chi connectivity index (χ2v) is 3.54. The topological polar surface area (TPSA) is 78.6 Å². The number of amides is 1. The van der Waals surface area contributed by atoms with E-state index in [1.165, 1.54) is 0 Å².